The summed E-state index contributed by atoms with van der Waals surface area (Å²) in [6.45, 7) is 7.03. The highest BCUT2D eigenvalue weighted by atomic mass is 32.2. The number of carbonyl (C=O) groups excluding carboxylic acids is 1. The van der Waals surface area contributed by atoms with Crippen molar-refractivity contribution in [3.8, 4) is 11.5 Å². The summed E-state index contributed by atoms with van der Waals surface area (Å²) >= 11 is 2.80. The van der Waals surface area contributed by atoms with Gasteiger partial charge in [-0.3, -0.25) is 4.79 Å². The van der Waals surface area contributed by atoms with Crippen LogP contribution < -0.4 is 20.1 Å². The zero-order chi connectivity index (χ0) is 21.1. The Morgan fingerprint density at radius 2 is 1.93 bits per heavy atom. The van der Waals surface area contributed by atoms with Crippen molar-refractivity contribution in [1.29, 1.82) is 0 Å². The van der Waals surface area contributed by atoms with E-state index in [1.165, 1.54) is 34.2 Å². The number of aromatic nitrogens is 2. The van der Waals surface area contributed by atoms with Crippen molar-refractivity contribution in [3.05, 3.63) is 47.5 Å². The molecule has 2 heterocycles. The molecule has 1 aromatic heterocycles. The van der Waals surface area contributed by atoms with E-state index in [1.807, 2.05) is 19.1 Å². The molecule has 0 spiro atoms. The van der Waals surface area contributed by atoms with Crippen LogP contribution in [0.15, 0.2) is 40.7 Å². The fourth-order valence-corrected chi connectivity index (χ4v) is 4.79. The monoisotopic (exact) mass is 442 g/mol. The van der Waals surface area contributed by atoms with Crippen molar-refractivity contribution in [2.45, 2.75) is 30.4 Å². The minimum atomic E-state index is -0.334. The van der Waals surface area contributed by atoms with Crippen LogP contribution in [0.1, 0.15) is 18.1 Å². The van der Waals surface area contributed by atoms with Crippen LogP contribution >= 0.6 is 23.1 Å². The standard InChI is InChI=1S/C21H22N4O3S2/c1-12-5-4-6-16(13(12)2)23-20-24-25-21(30-20)29-14(3)19(26)22-15-7-8-17-18(11-15)28-10-9-27-17/h4-8,11,14H,9-10H2,1-3H3,(H,22,26)(H,23,24)/t14-/m0/s1. The molecular formula is C21H22N4O3S2. The van der Waals surface area contributed by atoms with Gasteiger partial charge >= 0.3 is 0 Å². The van der Waals surface area contributed by atoms with Gasteiger partial charge in [-0.15, -0.1) is 10.2 Å². The maximum atomic E-state index is 12.6. The molecule has 3 aromatic rings. The molecule has 1 aliphatic rings. The third-order valence-electron chi connectivity index (χ3n) is 4.71. The average Bonchev–Trinajstić information content (AvgIpc) is 3.18. The molecule has 1 amide bonds. The first kappa shape index (κ1) is 20.5. The Morgan fingerprint density at radius 3 is 2.77 bits per heavy atom. The van der Waals surface area contributed by atoms with E-state index in [0.29, 0.717) is 35.5 Å². The van der Waals surface area contributed by atoms with E-state index in [-0.39, 0.29) is 11.2 Å². The van der Waals surface area contributed by atoms with Gasteiger partial charge in [0, 0.05) is 17.4 Å². The van der Waals surface area contributed by atoms with E-state index in [0.717, 1.165) is 10.0 Å². The van der Waals surface area contributed by atoms with Gasteiger partial charge in [0.15, 0.2) is 15.8 Å². The number of fused-ring (bicyclic) bond motifs is 1. The lowest BCUT2D eigenvalue weighted by atomic mass is 10.1. The third kappa shape index (κ3) is 4.68. The van der Waals surface area contributed by atoms with E-state index < -0.39 is 0 Å². The van der Waals surface area contributed by atoms with Crippen LogP contribution in [-0.2, 0) is 4.79 Å². The van der Waals surface area contributed by atoms with Crippen LogP contribution in [0.5, 0.6) is 11.5 Å². The molecular weight excluding hydrogens is 420 g/mol. The Kier molecular flexibility index (Phi) is 6.10. The number of aryl methyl sites for hydroxylation is 1. The van der Waals surface area contributed by atoms with Crippen LogP contribution in [0.3, 0.4) is 0 Å². The van der Waals surface area contributed by atoms with Crippen molar-refractivity contribution in [2.24, 2.45) is 0 Å². The first-order valence-electron chi connectivity index (χ1n) is 9.53. The summed E-state index contributed by atoms with van der Waals surface area (Å²) in [5.41, 5.74) is 4.07. The molecule has 30 heavy (non-hydrogen) atoms. The minimum Gasteiger partial charge on any atom is -0.486 e. The van der Waals surface area contributed by atoms with Gasteiger partial charge in [-0.05, 0) is 50.1 Å². The zero-order valence-corrected chi connectivity index (χ0v) is 18.5. The number of anilines is 3. The van der Waals surface area contributed by atoms with Crippen LogP contribution in [-0.4, -0.2) is 34.6 Å². The Bertz CT molecular complexity index is 1070. The lowest BCUT2D eigenvalue weighted by molar-refractivity contribution is -0.115. The molecule has 4 rings (SSSR count). The normalized spacial score (nSPS) is 13.6. The predicted octanol–water partition coefficient (Wildman–Crippen LogP) is 4.79. The highest BCUT2D eigenvalue weighted by molar-refractivity contribution is 8.02. The summed E-state index contributed by atoms with van der Waals surface area (Å²) < 4.78 is 11.8. The molecule has 156 valence electrons. The predicted molar refractivity (Wildman–Crippen MR) is 120 cm³/mol. The van der Waals surface area contributed by atoms with Gasteiger partial charge in [-0.25, -0.2) is 0 Å². The average molecular weight is 443 g/mol. The summed E-state index contributed by atoms with van der Waals surface area (Å²) in [6.07, 6.45) is 0. The first-order valence-corrected chi connectivity index (χ1v) is 11.2. The highest BCUT2D eigenvalue weighted by Crippen LogP contribution is 2.34. The molecule has 0 saturated carbocycles. The third-order valence-corrected chi connectivity index (χ3v) is 6.73. The van der Waals surface area contributed by atoms with Crippen molar-refractivity contribution >= 4 is 45.5 Å². The van der Waals surface area contributed by atoms with E-state index >= 15 is 0 Å². The second-order valence-corrected chi connectivity index (χ2v) is 9.42. The van der Waals surface area contributed by atoms with Crippen molar-refractivity contribution < 1.29 is 14.3 Å². The number of nitrogens with one attached hydrogen (secondary N) is 2. The van der Waals surface area contributed by atoms with Gasteiger partial charge in [0.25, 0.3) is 0 Å². The molecule has 0 saturated heterocycles. The molecule has 0 radical (unpaired) electrons. The minimum absolute atomic E-state index is 0.115. The number of carbonyl (C=O) groups is 1. The van der Waals surface area contributed by atoms with E-state index in [4.69, 9.17) is 9.47 Å². The fourth-order valence-electron chi connectivity index (χ4n) is 2.88. The maximum absolute atomic E-state index is 12.6. The molecule has 7 nitrogen and oxygen atoms in total. The quantitative estimate of drug-likeness (QED) is 0.531. The van der Waals surface area contributed by atoms with Gasteiger partial charge in [0.05, 0.1) is 5.25 Å². The molecule has 2 N–H and O–H groups in total. The van der Waals surface area contributed by atoms with Gasteiger partial charge < -0.3 is 20.1 Å². The molecule has 0 fully saturated rings. The SMILES string of the molecule is Cc1cccc(Nc2nnc(S[C@@H](C)C(=O)Nc3ccc4c(c3)OCCO4)s2)c1C. The molecule has 0 aliphatic carbocycles. The Hall–Kier alpha value is -2.78. The first-order chi connectivity index (χ1) is 14.5. The summed E-state index contributed by atoms with van der Waals surface area (Å²) in [5, 5.41) is 15.0. The van der Waals surface area contributed by atoms with Gasteiger partial charge in [-0.2, -0.15) is 0 Å². The maximum Gasteiger partial charge on any atom is 0.237 e. The topological polar surface area (TPSA) is 85.4 Å². The molecule has 1 atom stereocenters. The largest absolute Gasteiger partial charge is 0.486 e. The number of benzene rings is 2. The molecule has 2 aromatic carbocycles. The number of hydrogen-bond acceptors (Lipinski definition) is 8. The zero-order valence-electron chi connectivity index (χ0n) is 16.9. The smallest absolute Gasteiger partial charge is 0.237 e. The number of rotatable bonds is 6. The summed E-state index contributed by atoms with van der Waals surface area (Å²) in [4.78, 5) is 12.6. The van der Waals surface area contributed by atoms with Crippen molar-refractivity contribution in [1.82, 2.24) is 10.2 Å². The number of amides is 1. The van der Waals surface area contributed by atoms with Gasteiger partial charge in [0.1, 0.15) is 13.2 Å². The van der Waals surface area contributed by atoms with Crippen LogP contribution in [0.25, 0.3) is 0 Å². The molecule has 0 unspecified atom stereocenters. The van der Waals surface area contributed by atoms with Crippen LogP contribution in [0, 0.1) is 13.8 Å². The number of hydrogen-bond donors (Lipinski definition) is 2. The van der Waals surface area contributed by atoms with Gasteiger partial charge in [0.2, 0.25) is 11.0 Å². The van der Waals surface area contributed by atoms with E-state index in [9.17, 15) is 4.79 Å². The molecule has 0 bridgehead atoms. The Balaban J connectivity index is 1.36. The lowest BCUT2D eigenvalue weighted by Gasteiger charge is -2.19. The van der Waals surface area contributed by atoms with E-state index in [1.54, 1.807) is 18.2 Å². The van der Waals surface area contributed by atoms with Crippen molar-refractivity contribution in [3.63, 3.8) is 0 Å². The summed E-state index contributed by atoms with van der Waals surface area (Å²) in [7, 11) is 0. The van der Waals surface area contributed by atoms with Crippen LogP contribution in [0.4, 0.5) is 16.5 Å². The Labute approximate surface area is 183 Å². The summed E-state index contributed by atoms with van der Waals surface area (Å²) in [6, 6.07) is 11.5. The second-order valence-electron chi connectivity index (χ2n) is 6.85. The lowest BCUT2D eigenvalue weighted by Crippen LogP contribution is -2.22. The second kappa shape index (κ2) is 8.93. The number of nitrogens with zero attached hydrogens (tertiary/aromatic N) is 2. The highest BCUT2D eigenvalue weighted by Gasteiger charge is 2.19. The molecule has 1 aliphatic heterocycles. The van der Waals surface area contributed by atoms with Crippen LogP contribution in [0.2, 0.25) is 0 Å². The van der Waals surface area contributed by atoms with Crippen molar-refractivity contribution in [2.75, 3.05) is 23.8 Å². The van der Waals surface area contributed by atoms with E-state index in [2.05, 4.69) is 40.7 Å². The number of thioether (sulfide) groups is 1. The van der Waals surface area contributed by atoms with Gasteiger partial charge in [-0.1, -0.05) is 35.2 Å². The Morgan fingerprint density at radius 1 is 1.13 bits per heavy atom. The fraction of sp³-hybridized carbons (Fsp3) is 0.286. The molecule has 9 heteroatoms. The number of ether oxygens (including phenoxy) is 2. The summed E-state index contributed by atoms with van der Waals surface area (Å²) in [5.74, 6) is 1.22.